The first-order chi connectivity index (χ1) is 16.8. The normalized spacial score (nSPS) is 12.6. The Kier molecular flexibility index (Phi) is 8.22. The summed E-state index contributed by atoms with van der Waals surface area (Å²) < 4.78 is 54.0. The van der Waals surface area contributed by atoms with Crippen LogP contribution in [-0.2, 0) is 24.8 Å². The third kappa shape index (κ3) is 6.71. The van der Waals surface area contributed by atoms with Crippen molar-refractivity contribution in [3.05, 3.63) is 71.0 Å². The van der Waals surface area contributed by atoms with Gasteiger partial charge in [0.25, 0.3) is 10.0 Å². The molecular formula is C23H26ClN5O5S2. The van der Waals surface area contributed by atoms with Crippen LogP contribution in [0.25, 0.3) is 0 Å². The fourth-order valence-electron chi connectivity index (χ4n) is 3.57. The number of nitrogens with zero attached hydrogens (tertiary/aromatic N) is 3. The molecule has 1 atom stereocenters. The van der Waals surface area contributed by atoms with Crippen LogP contribution in [0, 0.1) is 13.8 Å². The molecule has 13 heteroatoms. The molecule has 0 unspecified atom stereocenters. The molecule has 0 bridgehead atoms. The van der Waals surface area contributed by atoms with E-state index in [9.17, 15) is 21.6 Å². The van der Waals surface area contributed by atoms with Gasteiger partial charge >= 0.3 is 0 Å². The molecule has 36 heavy (non-hydrogen) atoms. The molecule has 0 aliphatic carbocycles. The van der Waals surface area contributed by atoms with E-state index in [4.69, 9.17) is 11.6 Å². The minimum absolute atomic E-state index is 0.0439. The van der Waals surface area contributed by atoms with E-state index >= 15 is 0 Å². The Labute approximate surface area is 215 Å². The van der Waals surface area contributed by atoms with Crippen molar-refractivity contribution in [2.75, 3.05) is 20.6 Å². The molecule has 0 saturated carbocycles. The van der Waals surface area contributed by atoms with Crippen LogP contribution in [-0.4, -0.2) is 45.0 Å². The lowest BCUT2D eigenvalue weighted by molar-refractivity contribution is -0.117. The number of aromatic nitrogens is 2. The topological polar surface area (TPSA) is 138 Å². The smallest absolute Gasteiger partial charge is 0.264 e. The summed E-state index contributed by atoms with van der Waals surface area (Å²) in [7, 11) is -7.80. The number of halogens is 1. The van der Waals surface area contributed by atoms with Crippen molar-refractivity contribution in [2.45, 2.75) is 38.1 Å². The summed E-state index contributed by atoms with van der Waals surface area (Å²) in [4.78, 5) is 21.2. The maximum Gasteiger partial charge on any atom is 0.264 e. The molecule has 0 fully saturated rings. The van der Waals surface area contributed by atoms with Crippen molar-refractivity contribution in [3.63, 3.8) is 0 Å². The SMILES string of the molecule is CC[C@H](C(=O)Nc1ccc(S(=O)(=O)Nc2nc(C)cc(C)n2)cc1)N(c1cccc(Cl)c1)S(C)(=O)=O. The van der Waals surface area contributed by atoms with Gasteiger partial charge in [-0.3, -0.25) is 9.10 Å². The number of amides is 1. The Bertz CT molecular complexity index is 1460. The van der Waals surface area contributed by atoms with Crippen molar-refractivity contribution in [1.82, 2.24) is 9.97 Å². The molecule has 192 valence electrons. The number of hydrogen-bond donors (Lipinski definition) is 2. The molecule has 0 spiro atoms. The van der Waals surface area contributed by atoms with Gasteiger partial charge in [0.2, 0.25) is 21.9 Å². The molecule has 2 aromatic carbocycles. The highest BCUT2D eigenvalue weighted by Gasteiger charge is 2.31. The first-order valence-corrected chi connectivity index (χ1v) is 14.5. The summed E-state index contributed by atoms with van der Waals surface area (Å²) in [5.41, 5.74) is 1.78. The quantitative estimate of drug-likeness (QED) is 0.413. The van der Waals surface area contributed by atoms with E-state index in [-0.39, 0.29) is 23.0 Å². The van der Waals surface area contributed by atoms with Gasteiger partial charge in [0.1, 0.15) is 6.04 Å². The molecular weight excluding hydrogens is 526 g/mol. The van der Waals surface area contributed by atoms with Gasteiger partial charge in [-0.15, -0.1) is 0 Å². The van der Waals surface area contributed by atoms with Gasteiger partial charge < -0.3 is 5.32 Å². The second-order valence-corrected chi connectivity index (χ2v) is 12.0. The van der Waals surface area contributed by atoms with Crippen LogP contribution in [0.1, 0.15) is 24.7 Å². The summed E-state index contributed by atoms with van der Waals surface area (Å²) in [5.74, 6) is -0.627. The number of anilines is 3. The highest BCUT2D eigenvalue weighted by atomic mass is 35.5. The lowest BCUT2D eigenvalue weighted by atomic mass is 10.2. The average molecular weight is 552 g/mol. The number of sulfonamides is 2. The van der Waals surface area contributed by atoms with E-state index in [0.29, 0.717) is 22.1 Å². The molecule has 2 N–H and O–H groups in total. The monoisotopic (exact) mass is 551 g/mol. The zero-order valence-corrected chi connectivity index (χ0v) is 22.4. The first-order valence-electron chi connectivity index (χ1n) is 10.8. The van der Waals surface area contributed by atoms with Gasteiger partial charge in [0.05, 0.1) is 16.8 Å². The van der Waals surface area contributed by atoms with E-state index in [0.717, 1.165) is 10.6 Å². The van der Waals surface area contributed by atoms with Gasteiger partial charge in [0, 0.05) is 22.1 Å². The number of rotatable bonds is 9. The van der Waals surface area contributed by atoms with Gasteiger partial charge in [-0.1, -0.05) is 24.6 Å². The van der Waals surface area contributed by atoms with Crippen molar-refractivity contribution in [2.24, 2.45) is 0 Å². The number of aryl methyl sites for hydroxylation is 2. The highest BCUT2D eigenvalue weighted by molar-refractivity contribution is 7.92. The molecule has 1 aromatic heterocycles. The van der Waals surface area contributed by atoms with E-state index in [1.807, 2.05) is 0 Å². The van der Waals surface area contributed by atoms with E-state index in [2.05, 4.69) is 20.0 Å². The van der Waals surface area contributed by atoms with Gasteiger partial charge in [-0.2, -0.15) is 0 Å². The van der Waals surface area contributed by atoms with Gasteiger partial charge in [-0.25, -0.2) is 31.5 Å². The largest absolute Gasteiger partial charge is 0.324 e. The summed E-state index contributed by atoms with van der Waals surface area (Å²) in [6, 6.07) is 12.3. The third-order valence-corrected chi connectivity index (χ3v) is 7.79. The van der Waals surface area contributed by atoms with Crippen molar-refractivity contribution in [3.8, 4) is 0 Å². The predicted octanol–water partition coefficient (Wildman–Crippen LogP) is 3.73. The van der Waals surface area contributed by atoms with Crippen LogP contribution in [0.4, 0.5) is 17.3 Å². The second-order valence-electron chi connectivity index (χ2n) is 8.06. The van der Waals surface area contributed by atoms with Gasteiger partial charge in [0.15, 0.2) is 0 Å². The molecule has 3 rings (SSSR count). The molecule has 3 aromatic rings. The van der Waals surface area contributed by atoms with Crippen LogP contribution in [0.15, 0.2) is 59.5 Å². The van der Waals surface area contributed by atoms with Crippen LogP contribution in [0.3, 0.4) is 0 Å². The first kappa shape index (κ1) is 27.4. The number of hydrogen-bond acceptors (Lipinski definition) is 7. The summed E-state index contributed by atoms with van der Waals surface area (Å²) in [5, 5.41) is 2.98. The van der Waals surface area contributed by atoms with Crippen LogP contribution in [0.2, 0.25) is 5.02 Å². The van der Waals surface area contributed by atoms with Crippen LogP contribution in [0.5, 0.6) is 0 Å². The van der Waals surface area contributed by atoms with Crippen molar-refractivity contribution < 1.29 is 21.6 Å². The predicted molar refractivity (Wildman–Crippen MR) is 140 cm³/mol. The molecule has 0 saturated heterocycles. The highest BCUT2D eigenvalue weighted by Crippen LogP contribution is 2.26. The molecule has 1 heterocycles. The average Bonchev–Trinajstić information content (AvgIpc) is 2.75. The fourth-order valence-corrected chi connectivity index (χ4v) is 5.90. The minimum atomic E-state index is -3.97. The van der Waals surface area contributed by atoms with Crippen molar-refractivity contribution >= 4 is 54.9 Å². The lowest BCUT2D eigenvalue weighted by Gasteiger charge is -2.30. The zero-order valence-electron chi connectivity index (χ0n) is 20.1. The Hall–Kier alpha value is -3.22. The Morgan fingerprint density at radius 1 is 1.00 bits per heavy atom. The maximum atomic E-state index is 13.1. The number of benzene rings is 2. The lowest BCUT2D eigenvalue weighted by Crippen LogP contribution is -2.47. The fraction of sp³-hybridized carbons (Fsp3) is 0.261. The van der Waals surface area contributed by atoms with E-state index < -0.39 is 32.0 Å². The Balaban J connectivity index is 1.81. The maximum absolute atomic E-state index is 13.1. The Morgan fingerprint density at radius 2 is 1.61 bits per heavy atom. The van der Waals surface area contributed by atoms with Crippen LogP contribution < -0.4 is 14.3 Å². The molecule has 0 aliphatic heterocycles. The summed E-state index contributed by atoms with van der Waals surface area (Å²) >= 11 is 6.03. The molecule has 10 nitrogen and oxygen atoms in total. The van der Waals surface area contributed by atoms with Crippen LogP contribution >= 0.6 is 11.6 Å². The molecule has 1 amide bonds. The van der Waals surface area contributed by atoms with E-state index in [1.54, 1.807) is 45.0 Å². The third-order valence-electron chi connectivity index (χ3n) is 5.03. The Morgan fingerprint density at radius 3 is 2.14 bits per heavy atom. The summed E-state index contributed by atoms with van der Waals surface area (Å²) in [6.45, 7) is 5.14. The second kappa shape index (κ2) is 10.8. The standard InChI is InChI=1S/C23H26ClN5O5S2/c1-5-21(29(35(4,31)32)19-8-6-7-17(24)14-19)22(30)27-18-9-11-20(12-10-18)36(33,34)28-23-25-15(2)13-16(3)26-23/h6-14,21H,5H2,1-4H3,(H,27,30)(H,25,26,28)/t21-/m1/s1. The zero-order chi connectivity index (χ0) is 26.7. The van der Waals surface area contributed by atoms with Gasteiger partial charge in [-0.05, 0) is 68.8 Å². The molecule has 0 aliphatic rings. The number of nitrogens with one attached hydrogen (secondary N) is 2. The molecule has 0 radical (unpaired) electrons. The van der Waals surface area contributed by atoms with E-state index in [1.165, 1.54) is 30.3 Å². The summed E-state index contributed by atoms with van der Waals surface area (Å²) in [6.07, 6.45) is 1.19. The number of carbonyl (C=O) groups excluding carboxylic acids is 1. The van der Waals surface area contributed by atoms with Crippen molar-refractivity contribution in [1.29, 1.82) is 0 Å². The minimum Gasteiger partial charge on any atom is -0.324 e. The number of carbonyl (C=O) groups is 1.